The molecule has 0 bridgehead atoms. The van der Waals surface area contributed by atoms with Gasteiger partial charge < -0.3 is 9.84 Å². The summed E-state index contributed by atoms with van der Waals surface area (Å²) in [7, 11) is 0. The zero-order chi connectivity index (χ0) is 8.10. The Morgan fingerprint density at radius 3 is 3.18 bits per heavy atom. The Kier molecular flexibility index (Phi) is 3.76. The van der Waals surface area contributed by atoms with E-state index in [9.17, 15) is 9.50 Å². The molecule has 1 aliphatic rings. The molecule has 1 saturated heterocycles. The molecule has 1 atom stereocenters. The molecule has 11 heavy (non-hydrogen) atoms. The monoisotopic (exact) mass is 163 g/mol. The lowest BCUT2D eigenvalue weighted by molar-refractivity contribution is 0.0563. The molecule has 1 aliphatic heterocycles. The predicted molar refractivity (Wildman–Crippen MR) is 39.2 cm³/mol. The van der Waals surface area contributed by atoms with Crippen molar-refractivity contribution < 1.29 is 14.2 Å². The third kappa shape index (κ3) is 3.14. The second kappa shape index (κ2) is 4.64. The van der Waals surface area contributed by atoms with Gasteiger partial charge in [0.2, 0.25) is 0 Å². The number of hydrogen-bond acceptors (Lipinski definition) is 3. The molecule has 66 valence electrons. The smallest absolute Gasteiger partial charge is 0.102 e. The first-order valence-electron chi connectivity index (χ1n) is 3.87. The minimum Gasteiger partial charge on any atom is -0.389 e. The van der Waals surface area contributed by atoms with Crippen LogP contribution in [-0.4, -0.2) is 55.6 Å². The molecule has 0 saturated carbocycles. The van der Waals surface area contributed by atoms with E-state index in [-0.39, 0.29) is 6.67 Å². The van der Waals surface area contributed by atoms with E-state index in [0.717, 1.165) is 6.54 Å². The summed E-state index contributed by atoms with van der Waals surface area (Å²) in [6.45, 7) is 2.28. The van der Waals surface area contributed by atoms with Gasteiger partial charge in [-0.25, -0.2) is 4.39 Å². The summed E-state index contributed by atoms with van der Waals surface area (Å²) in [6, 6.07) is 0. The van der Waals surface area contributed by atoms with Gasteiger partial charge >= 0.3 is 0 Å². The van der Waals surface area contributed by atoms with Gasteiger partial charge in [0.15, 0.2) is 0 Å². The number of ether oxygens (including phenoxy) is 1. The molecule has 0 aromatic carbocycles. The number of alkyl halides is 1. The molecule has 0 radical (unpaired) electrons. The number of aliphatic hydroxyl groups excluding tert-OH is 1. The van der Waals surface area contributed by atoms with Gasteiger partial charge in [-0.2, -0.15) is 0 Å². The van der Waals surface area contributed by atoms with Crippen molar-refractivity contribution in [2.24, 2.45) is 0 Å². The third-order valence-corrected chi connectivity index (χ3v) is 1.73. The molecule has 1 fully saturated rings. The Morgan fingerprint density at radius 2 is 2.45 bits per heavy atom. The molecular weight excluding hydrogens is 149 g/mol. The minimum atomic E-state index is -0.455. The maximum atomic E-state index is 11.9. The van der Waals surface area contributed by atoms with Crippen LogP contribution in [0.15, 0.2) is 0 Å². The van der Waals surface area contributed by atoms with Crippen molar-refractivity contribution in [2.75, 3.05) is 39.5 Å². The maximum Gasteiger partial charge on any atom is 0.102 e. The number of aliphatic hydroxyl groups is 1. The van der Waals surface area contributed by atoms with E-state index in [1.54, 1.807) is 0 Å². The van der Waals surface area contributed by atoms with Crippen LogP contribution >= 0.6 is 0 Å². The van der Waals surface area contributed by atoms with Crippen molar-refractivity contribution in [2.45, 2.75) is 6.10 Å². The Hall–Kier alpha value is -0.190. The van der Waals surface area contributed by atoms with E-state index in [2.05, 4.69) is 0 Å². The Morgan fingerprint density at radius 1 is 1.64 bits per heavy atom. The first kappa shape index (κ1) is 8.90. The Labute approximate surface area is 65.8 Å². The van der Waals surface area contributed by atoms with Gasteiger partial charge in [0.25, 0.3) is 0 Å². The molecule has 3 nitrogen and oxygen atoms in total. The Bertz CT molecular complexity index is 113. The molecular formula is C7H14FNO2. The average molecular weight is 163 g/mol. The zero-order valence-corrected chi connectivity index (χ0v) is 6.50. The van der Waals surface area contributed by atoms with Crippen LogP contribution in [-0.2, 0) is 4.74 Å². The van der Waals surface area contributed by atoms with Crippen molar-refractivity contribution in [1.29, 1.82) is 0 Å². The van der Waals surface area contributed by atoms with Gasteiger partial charge in [-0.05, 0) is 0 Å². The number of nitrogens with zero attached hydrogens (tertiary/aromatic N) is 1. The highest BCUT2D eigenvalue weighted by Crippen LogP contribution is 1.99. The van der Waals surface area contributed by atoms with Crippen molar-refractivity contribution in [3.05, 3.63) is 0 Å². The minimum absolute atomic E-state index is 0.354. The second-order valence-electron chi connectivity index (χ2n) is 2.72. The molecule has 1 N–H and O–H groups in total. The highest BCUT2D eigenvalue weighted by atomic mass is 19.1. The molecule has 0 aliphatic carbocycles. The van der Waals surface area contributed by atoms with Gasteiger partial charge in [0, 0.05) is 19.6 Å². The van der Waals surface area contributed by atoms with Gasteiger partial charge in [0.05, 0.1) is 19.3 Å². The van der Waals surface area contributed by atoms with Crippen LogP contribution in [0.2, 0.25) is 0 Å². The molecule has 0 aromatic rings. The van der Waals surface area contributed by atoms with Gasteiger partial charge in [-0.1, -0.05) is 0 Å². The van der Waals surface area contributed by atoms with E-state index in [1.807, 2.05) is 4.90 Å². The molecule has 0 amide bonds. The number of β-amino-alcohol motifs (C(OH)–C–C–N with tert-alkyl or cyclic N) is 1. The molecule has 4 heteroatoms. The van der Waals surface area contributed by atoms with E-state index in [1.165, 1.54) is 0 Å². The third-order valence-electron chi connectivity index (χ3n) is 1.73. The van der Waals surface area contributed by atoms with Gasteiger partial charge in [-0.15, -0.1) is 0 Å². The fourth-order valence-corrected chi connectivity index (χ4v) is 1.18. The van der Waals surface area contributed by atoms with Crippen molar-refractivity contribution in [1.82, 2.24) is 4.90 Å². The summed E-state index contributed by atoms with van der Waals surface area (Å²) >= 11 is 0. The molecule has 0 spiro atoms. The van der Waals surface area contributed by atoms with Crippen LogP contribution in [0.1, 0.15) is 0 Å². The average Bonchev–Trinajstić information content (AvgIpc) is 2.15. The van der Waals surface area contributed by atoms with Gasteiger partial charge in [0.1, 0.15) is 6.67 Å². The van der Waals surface area contributed by atoms with Gasteiger partial charge in [-0.3, -0.25) is 4.90 Å². The lowest BCUT2D eigenvalue weighted by atomic mass is 10.3. The van der Waals surface area contributed by atoms with Crippen molar-refractivity contribution in [3.8, 4) is 0 Å². The van der Waals surface area contributed by atoms with E-state index in [0.29, 0.717) is 26.3 Å². The summed E-state index contributed by atoms with van der Waals surface area (Å²) in [6.07, 6.45) is -0.455. The van der Waals surface area contributed by atoms with Crippen LogP contribution in [0.25, 0.3) is 0 Å². The lowest BCUT2D eigenvalue weighted by Gasteiger charge is -2.18. The largest absolute Gasteiger partial charge is 0.389 e. The van der Waals surface area contributed by atoms with Crippen LogP contribution in [0.3, 0.4) is 0 Å². The zero-order valence-electron chi connectivity index (χ0n) is 6.50. The second-order valence-corrected chi connectivity index (χ2v) is 2.72. The lowest BCUT2D eigenvalue weighted by Crippen LogP contribution is -2.34. The standard InChI is InChI=1S/C7H14FNO2/c8-1-2-9-3-4-11-6-7(10)5-9/h7,10H,1-6H2. The SMILES string of the molecule is OC1COCCN(CCF)C1. The topological polar surface area (TPSA) is 32.7 Å². The molecule has 0 aromatic heterocycles. The van der Waals surface area contributed by atoms with Crippen molar-refractivity contribution >= 4 is 0 Å². The summed E-state index contributed by atoms with van der Waals surface area (Å²) < 4.78 is 16.9. The molecule has 1 rings (SSSR count). The highest BCUT2D eigenvalue weighted by molar-refractivity contribution is 4.67. The quantitative estimate of drug-likeness (QED) is 0.604. The number of halogens is 1. The van der Waals surface area contributed by atoms with Crippen LogP contribution in [0.4, 0.5) is 4.39 Å². The normalized spacial score (nSPS) is 28.4. The van der Waals surface area contributed by atoms with Crippen LogP contribution in [0.5, 0.6) is 0 Å². The first-order valence-corrected chi connectivity index (χ1v) is 3.87. The number of rotatable bonds is 2. The fraction of sp³-hybridized carbons (Fsp3) is 1.00. The first-order chi connectivity index (χ1) is 5.33. The van der Waals surface area contributed by atoms with E-state index >= 15 is 0 Å². The predicted octanol–water partition coefficient (Wildman–Crippen LogP) is -0.351. The van der Waals surface area contributed by atoms with E-state index < -0.39 is 6.10 Å². The van der Waals surface area contributed by atoms with E-state index in [4.69, 9.17) is 4.74 Å². The summed E-state index contributed by atoms with van der Waals surface area (Å²) in [5.74, 6) is 0. The fourth-order valence-electron chi connectivity index (χ4n) is 1.18. The van der Waals surface area contributed by atoms with Crippen LogP contribution < -0.4 is 0 Å². The highest BCUT2D eigenvalue weighted by Gasteiger charge is 2.15. The number of hydrogen-bond donors (Lipinski definition) is 1. The molecule has 1 unspecified atom stereocenters. The molecule has 1 heterocycles. The summed E-state index contributed by atoms with van der Waals surface area (Å²) in [4.78, 5) is 1.87. The Balaban J connectivity index is 2.27. The summed E-state index contributed by atoms with van der Waals surface area (Å²) in [5.41, 5.74) is 0. The summed E-state index contributed by atoms with van der Waals surface area (Å²) in [5, 5.41) is 9.20. The van der Waals surface area contributed by atoms with Crippen LogP contribution in [0, 0.1) is 0 Å². The van der Waals surface area contributed by atoms with Crippen molar-refractivity contribution in [3.63, 3.8) is 0 Å². The maximum absolute atomic E-state index is 11.9.